The van der Waals surface area contributed by atoms with Gasteiger partial charge in [-0.05, 0) is 13.3 Å². The van der Waals surface area contributed by atoms with Crippen molar-refractivity contribution in [3.8, 4) is 0 Å². The molecule has 1 heterocycles. The number of rotatable bonds is 2. The van der Waals surface area contributed by atoms with Gasteiger partial charge in [-0.1, -0.05) is 12.2 Å². The van der Waals surface area contributed by atoms with Crippen LogP contribution in [0.1, 0.15) is 13.3 Å². The normalized spacial score (nSPS) is 20.3. The van der Waals surface area contributed by atoms with Gasteiger partial charge in [0.15, 0.2) is 0 Å². The minimum atomic E-state index is 0.0185. The zero-order chi connectivity index (χ0) is 7.23. The molecule has 10 heavy (non-hydrogen) atoms. The molecule has 1 saturated heterocycles. The zero-order valence-electron chi connectivity index (χ0n) is 6.38. The zero-order valence-corrected chi connectivity index (χ0v) is 6.38. The first-order chi connectivity index (χ1) is 4.93. The quantitative estimate of drug-likeness (QED) is 0.427. The highest BCUT2D eigenvalue weighted by molar-refractivity contribution is 6.45. The molecule has 0 radical (unpaired) electrons. The second-order valence-corrected chi connectivity index (χ2v) is 2.33. The van der Waals surface area contributed by atoms with Crippen LogP contribution >= 0.6 is 0 Å². The lowest BCUT2D eigenvalue weighted by Gasteiger charge is -2.18. The lowest BCUT2D eigenvalue weighted by atomic mass is 9.83. The molecule has 0 N–H and O–H groups in total. The fraction of sp³-hybridized carbons (Fsp3) is 0.714. The van der Waals surface area contributed by atoms with Crippen molar-refractivity contribution in [1.82, 2.24) is 0 Å². The Labute approximate surface area is 62.4 Å². The Morgan fingerprint density at radius 1 is 1.40 bits per heavy atom. The third-order valence-corrected chi connectivity index (χ3v) is 1.46. The van der Waals surface area contributed by atoms with E-state index in [1.165, 1.54) is 0 Å². The van der Waals surface area contributed by atoms with Gasteiger partial charge in [0, 0.05) is 19.5 Å². The number of hydrogen-bond acceptors (Lipinski definition) is 2. The summed E-state index contributed by atoms with van der Waals surface area (Å²) in [5, 5.41) is 0. The van der Waals surface area contributed by atoms with Crippen molar-refractivity contribution in [3.05, 3.63) is 12.2 Å². The van der Waals surface area contributed by atoms with Crippen LogP contribution in [-0.4, -0.2) is 20.3 Å². The average Bonchev–Trinajstić information content (AvgIpc) is 2.03. The fourth-order valence-corrected chi connectivity index (χ4v) is 0.920. The lowest BCUT2D eigenvalue weighted by molar-refractivity contribution is 0.136. The van der Waals surface area contributed by atoms with Crippen molar-refractivity contribution < 1.29 is 9.31 Å². The van der Waals surface area contributed by atoms with E-state index in [0.29, 0.717) is 0 Å². The SMILES string of the molecule is C/C=C/CB1OCCCO1. The van der Waals surface area contributed by atoms with E-state index < -0.39 is 0 Å². The summed E-state index contributed by atoms with van der Waals surface area (Å²) in [5.41, 5.74) is 0. The minimum absolute atomic E-state index is 0.0185. The van der Waals surface area contributed by atoms with Crippen LogP contribution in [0, 0.1) is 0 Å². The van der Waals surface area contributed by atoms with Crippen molar-refractivity contribution in [2.24, 2.45) is 0 Å². The third kappa shape index (κ3) is 2.54. The van der Waals surface area contributed by atoms with Gasteiger partial charge < -0.3 is 9.31 Å². The molecule has 0 amide bonds. The van der Waals surface area contributed by atoms with Crippen LogP contribution < -0.4 is 0 Å². The predicted molar refractivity (Wildman–Crippen MR) is 41.9 cm³/mol. The van der Waals surface area contributed by atoms with Crippen LogP contribution in [0.3, 0.4) is 0 Å². The first kappa shape index (κ1) is 7.83. The van der Waals surface area contributed by atoms with Gasteiger partial charge in [0.1, 0.15) is 0 Å². The van der Waals surface area contributed by atoms with Crippen LogP contribution in [0.25, 0.3) is 0 Å². The van der Waals surface area contributed by atoms with E-state index >= 15 is 0 Å². The molecular weight excluding hydrogens is 127 g/mol. The van der Waals surface area contributed by atoms with E-state index in [4.69, 9.17) is 9.31 Å². The highest BCUT2D eigenvalue weighted by Crippen LogP contribution is 2.05. The largest absolute Gasteiger partial charge is 0.460 e. The molecule has 3 heteroatoms. The summed E-state index contributed by atoms with van der Waals surface area (Å²) in [4.78, 5) is 0. The third-order valence-electron chi connectivity index (χ3n) is 1.46. The molecule has 1 aliphatic rings. The van der Waals surface area contributed by atoms with Crippen LogP contribution in [0.4, 0.5) is 0 Å². The average molecular weight is 140 g/mol. The van der Waals surface area contributed by atoms with Gasteiger partial charge in [-0.3, -0.25) is 0 Å². The van der Waals surface area contributed by atoms with Gasteiger partial charge in [0.2, 0.25) is 0 Å². The number of hydrogen-bond donors (Lipinski definition) is 0. The number of allylic oxidation sites excluding steroid dienone is 2. The Hall–Kier alpha value is -0.275. The van der Waals surface area contributed by atoms with E-state index in [9.17, 15) is 0 Å². The summed E-state index contributed by atoms with van der Waals surface area (Å²) >= 11 is 0. The molecule has 0 bridgehead atoms. The van der Waals surface area contributed by atoms with E-state index in [-0.39, 0.29) is 7.12 Å². The van der Waals surface area contributed by atoms with Crippen molar-refractivity contribution in [3.63, 3.8) is 0 Å². The molecule has 0 aliphatic carbocycles. The van der Waals surface area contributed by atoms with Crippen LogP contribution in [0.2, 0.25) is 6.32 Å². The molecule has 0 spiro atoms. The second kappa shape index (κ2) is 4.53. The van der Waals surface area contributed by atoms with E-state index in [2.05, 4.69) is 6.08 Å². The van der Waals surface area contributed by atoms with E-state index in [0.717, 1.165) is 26.0 Å². The highest BCUT2D eigenvalue weighted by Gasteiger charge is 2.18. The molecule has 0 atom stereocenters. The Morgan fingerprint density at radius 2 is 2.10 bits per heavy atom. The lowest BCUT2D eigenvalue weighted by Crippen LogP contribution is -2.28. The molecule has 1 fully saturated rings. The Kier molecular flexibility index (Phi) is 3.54. The summed E-state index contributed by atoms with van der Waals surface area (Å²) in [5.74, 6) is 0. The Bertz CT molecular complexity index is 108. The van der Waals surface area contributed by atoms with E-state index in [1.54, 1.807) is 0 Å². The minimum Gasteiger partial charge on any atom is -0.411 e. The molecule has 0 aromatic carbocycles. The maximum atomic E-state index is 5.31. The van der Waals surface area contributed by atoms with Gasteiger partial charge in [-0.25, -0.2) is 0 Å². The first-order valence-corrected chi connectivity index (χ1v) is 3.78. The molecule has 0 aromatic rings. The molecule has 0 unspecified atom stereocenters. The van der Waals surface area contributed by atoms with Gasteiger partial charge >= 0.3 is 7.12 Å². The molecule has 56 valence electrons. The van der Waals surface area contributed by atoms with Gasteiger partial charge in [0.25, 0.3) is 0 Å². The maximum Gasteiger partial charge on any atom is 0.460 e. The Morgan fingerprint density at radius 3 is 2.70 bits per heavy atom. The van der Waals surface area contributed by atoms with Crippen LogP contribution in [0.5, 0.6) is 0 Å². The second-order valence-electron chi connectivity index (χ2n) is 2.33. The van der Waals surface area contributed by atoms with Crippen molar-refractivity contribution in [2.75, 3.05) is 13.2 Å². The van der Waals surface area contributed by atoms with Crippen molar-refractivity contribution in [1.29, 1.82) is 0 Å². The molecular formula is C7H13BO2. The van der Waals surface area contributed by atoms with Gasteiger partial charge in [-0.2, -0.15) is 0 Å². The molecule has 1 aliphatic heterocycles. The molecule has 0 saturated carbocycles. The van der Waals surface area contributed by atoms with Crippen LogP contribution in [0.15, 0.2) is 12.2 Å². The summed E-state index contributed by atoms with van der Waals surface area (Å²) in [7, 11) is 0.0185. The van der Waals surface area contributed by atoms with Crippen molar-refractivity contribution in [2.45, 2.75) is 19.7 Å². The summed E-state index contributed by atoms with van der Waals surface area (Å²) in [6.07, 6.45) is 6.00. The molecule has 2 nitrogen and oxygen atoms in total. The topological polar surface area (TPSA) is 18.5 Å². The Balaban J connectivity index is 2.13. The smallest absolute Gasteiger partial charge is 0.411 e. The summed E-state index contributed by atoms with van der Waals surface area (Å²) in [6, 6.07) is 0. The first-order valence-electron chi connectivity index (χ1n) is 3.78. The van der Waals surface area contributed by atoms with Crippen molar-refractivity contribution >= 4 is 7.12 Å². The van der Waals surface area contributed by atoms with Crippen LogP contribution in [-0.2, 0) is 9.31 Å². The molecule has 1 rings (SSSR count). The van der Waals surface area contributed by atoms with Gasteiger partial charge in [-0.15, -0.1) is 0 Å². The standard InChI is InChI=1S/C7H13BO2/c1-2-3-5-8-9-6-4-7-10-8/h2-3H,4-7H2,1H3/b3-2+. The summed E-state index contributed by atoms with van der Waals surface area (Å²) < 4.78 is 10.6. The highest BCUT2D eigenvalue weighted by atomic mass is 16.6. The maximum absolute atomic E-state index is 5.31. The molecule has 0 aromatic heterocycles. The fourth-order valence-electron chi connectivity index (χ4n) is 0.920. The summed E-state index contributed by atoms with van der Waals surface area (Å²) in [6.45, 7) is 3.70. The van der Waals surface area contributed by atoms with Gasteiger partial charge in [0.05, 0.1) is 0 Å². The monoisotopic (exact) mass is 140 g/mol. The predicted octanol–water partition coefficient (Wildman–Crippen LogP) is 1.49. The van der Waals surface area contributed by atoms with E-state index in [1.807, 2.05) is 13.0 Å².